The molecule has 1 N–H and O–H groups in total. The normalized spacial score (nSPS) is 10.3. The summed E-state index contributed by atoms with van der Waals surface area (Å²) in [5.74, 6) is -0.148. The molecule has 4 heteroatoms. The summed E-state index contributed by atoms with van der Waals surface area (Å²) >= 11 is 0. The fourth-order valence-corrected chi connectivity index (χ4v) is 2.56. The zero-order chi connectivity index (χ0) is 17.5. The number of rotatable bonds is 6. The highest BCUT2D eigenvalue weighted by atomic mass is 16.2. The number of nitrogens with one attached hydrogen (secondary N) is 1. The molecule has 0 fully saturated rings. The van der Waals surface area contributed by atoms with Gasteiger partial charge in [0.05, 0.1) is 0 Å². The van der Waals surface area contributed by atoms with Crippen LogP contribution in [-0.4, -0.2) is 29.8 Å². The van der Waals surface area contributed by atoms with E-state index in [1.807, 2.05) is 45.0 Å². The van der Waals surface area contributed by atoms with Gasteiger partial charge in [0.1, 0.15) is 0 Å². The zero-order valence-corrected chi connectivity index (χ0v) is 14.5. The molecule has 0 atom stereocenters. The van der Waals surface area contributed by atoms with Crippen LogP contribution in [-0.2, 0) is 6.54 Å². The minimum atomic E-state index is -0.140. The van der Waals surface area contributed by atoms with Gasteiger partial charge in [0.25, 0.3) is 11.8 Å². The Morgan fingerprint density at radius 2 is 1.58 bits per heavy atom. The third-order valence-electron chi connectivity index (χ3n) is 3.98. The second-order valence-corrected chi connectivity index (χ2v) is 5.73. The average Bonchev–Trinajstić information content (AvgIpc) is 2.61. The van der Waals surface area contributed by atoms with Crippen molar-refractivity contribution in [3.63, 3.8) is 0 Å². The van der Waals surface area contributed by atoms with Crippen molar-refractivity contribution < 1.29 is 9.59 Å². The lowest BCUT2D eigenvalue weighted by Crippen LogP contribution is -2.30. The number of nitrogens with zero attached hydrogens (tertiary/aromatic N) is 1. The summed E-state index contributed by atoms with van der Waals surface area (Å²) < 4.78 is 0. The van der Waals surface area contributed by atoms with Crippen molar-refractivity contribution in [1.82, 2.24) is 10.2 Å². The molecule has 24 heavy (non-hydrogen) atoms. The maximum absolute atomic E-state index is 12.3. The minimum Gasteiger partial charge on any atom is -0.348 e. The van der Waals surface area contributed by atoms with Crippen LogP contribution in [0.4, 0.5) is 0 Å². The molecule has 2 aromatic rings. The van der Waals surface area contributed by atoms with Crippen molar-refractivity contribution in [2.45, 2.75) is 27.3 Å². The number of hydrogen-bond acceptors (Lipinski definition) is 2. The fourth-order valence-electron chi connectivity index (χ4n) is 2.56. The van der Waals surface area contributed by atoms with E-state index in [-0.39, 0.29) is 11.8 Å². The van der Waals surface area contributed by atoms with Gasteiger partial charge < -0.3 is 10.2 Å². The molecule has 0 saturated heterocycles. The molecule has 0 aliphatic carbocycles. The number of carbonyl (C=O) groups is 2. The number of carbonyl (C=O) groups excluding carboxylic acids is 2. The van der Waals surface area contributed by atoms with E-state index < -0.39 is 0 Å². The Balaban J connectivity index is 1.99. The molecule has 2 rings (SSSR count). The Bertz CT molecular complexity index is 704. The second-order valence-electron chi connectivity index (χ2n) is 5.73. The van der Waals surface area contributed by atoms with Gasteiger partial charge >= 0.3 is 0 Å². The number of hydrogen-bond donors (Lipinski definition) is 1. The van der Waals surface area contributed by atoms with Crippen molar-refractivity contribution in [2.75, 3.05) is 13.1 Å². The zero-order valence-electron chi connectivity index (χ0n) is 14.5. The van der Waals surface area contributed by atoms with E-state index in [0.29, 0.717) is 30.8 Å². The summed E-state index contributed by atoms with van der Waals surface area (Å²) in [6, 6.07) is 14.8. The first-order chi connectivity index (χ1) is 11.5. The lowest BCUT2D eigenvalue weighted by atomic mass is 10.1. The summed E-state index contributed by atoms with van der Waals surface area (Å²) in [7, 11) is 0. The molecule has 0 aliphatic rings. The highest BCUT2D eigenvalue weighted by Crippen LogP contribution is 2.09. The van der Waals surface area contributed by atoms with Crippen LogP contribution in [0.15, 0.2) is 48.5 Å². The summed E-state index contributed by atoms with van der Waals surface area (Å²) in [4.78, 5) is 26.2. The van der Waals surface area contributed by atoms with Crippen molar-refractivity contribution in [3.05, 3.63) is 70.8 Å². The lowest BCUT2D eigenvalue weighted by Gasteiger charge is -2.18. The van der Waals surface area contributed by atoms with Gasteiger partial charge in [-0.25, -0.2) is 0 Å². The van der Waals surface area contributed by atoms with Crippen molar-refractivity contribution in [3.8, 4) is 0 Å². The summed E-state index contributed by atoms with van der Waals surface area (Å²) in [5, 5.41) is 2.90. The third-order valence-corrected chi connectivity index (χ3v) is 3.98. The third kappa shape index (κ3) is 4.44. The van der Waals surface area contributed by atoms with E-state index in [1.54, 1.807) is 29.2 Å². The monoisotopic (exact) mass is 324 g/mol. The second kappa shape index (κ2) is 8.29. The molecule has 0 spiro atoms. The van der Waals surface area contributed by atoms with Crippen molar-refractivity contribution in [2.24, 2.45) is 0 Å². The predicted molar refractivity (Wildman–Crippen MR) is 96.0 cm³/mol. The molecule has 4 nitrogen and oxygen atoms in total. The minimum absolute atomic E-state index is 0.00767. The van der Waals surface area contributed by atoms with Gasteiger partial charge in [-0.15, -0.1) is 0 Å². The fraction of sp³-hybridized carbons (Fsp3) is 0.300. The molecule has 0 aliphatic heterocycles. The molecule has 0 bridgehead atoms. The van der Waals surface area contributed by atoms with Crippen LogP contribution in [0.25, 0.3) is 0 Å². The summed E-state index contributed by atoms with van der Waals surface area (Å²) in [6.45, 7) is 7.77. The van der Waals surface area contributed by atoms with Gasteiger partial charge in [0.2, 0.25) is 0 Å². The van der Waals surface area contributed by atoms with Crippen molar-refractivity contribution in [1.29, 1.82) is 0 Å². The van der Waals surface area contributed by atoms with Crippen LogP contribution in [0.5, 0.6) is 0 Å². The quantitative estimate of drug-likeness (QED) is 0.885. The molecule has 0 radical (unpaired) electrons. The molecule has 2 aromatic carbocycles. The highest BCUT2D eigenvalue weighted by Gasteiger charge is 2.13. The Hall–Kier alpha value is -2.62. The van der Waals surface area contributed by atoms with Crippen molar-refractivity contribution >= 4 is 11.8 Å². The van der Waals surface area contributed by atoms with Gasteiger partial charge in [0.15, 0.2) is 0 Å². The van der Waals surface area contributed by atoms with Crippen LogP contribution in [0.2, 0.25) is 0 Å². The van der Waals surface area contributed by atoms with Crippen LogP contribution in [0, 0.1) is 6.92 Å². The largest absolute Gasteiger partial charge is 0.348 e. The molecule has 0 heterocycles. The first-order valence-corrected chi connectivity index (χ1v) is 8.28. The molecule has 0 unspecified atom stereocenters. The first kappa shape index (κ1) is 17.7. The topological polar surface area (TPSA) is 49.4 Å². The van der Waals surface area contributed by atoms with E-state index in [1.165, 1.54) is 5.56 Å². The Morgan fingerprint density at radius 1 is 0.958 bits per heavy atom. The van der Waals surface area contributed by atoms with Crippen LogP contribution < -0.4 is 5.32 Å². The van der Waals surface area contributed by atoms with Gasteiger partial charge in [-0.1, -0.05) is 29.8 Å². The van der Waals surface area contributed by atoms with Gasteiger partial charge in [0, 0.05) is 30.8 Å². The van der Waals surface area contributed by atoms with Crippen LogP contribution >= 0.6 is 0 Å². The van der Waals surface area contributed by atoms with E-state index in [9.17, 15) is 9.59 Å². The maximum Gasteiger partial charge on any atom is 0.253 e. The summed E-state index contributed by atoms with van der Waals surface area (Å²) in [6.07, 6.45) is 0. The van der Waals surface area contributed by atoms with E-state index in [2.05, 4.69) is 5.32 Å². The van der Waals surface area contributed by atoms with Crippen LogP contribution in [0.3, 0.4) is 0 Å². The predicted octanol–water partition coefficient (Wildman–Crippen LogP) is 3.41. The Labute approximate surface area is 143 Å². The Morgan fingerprint density at radius 3 is 2.17 bits per heavy atom. The smallest absolute Gasteiger partial charge is 0.253 e. The SMILES string of the molecule is CCN(CC)C(=O)c1ccc(C(=O)NCc2cccc(C)c2)cc1. The van der Waals surface area contributed by atoms with E-state index >= 15 is 0 Å². The Kier molecular flexibility index (Phi) is 6.13. The van der Waals surface area contributed by atoms with Gasteiger partial charge in [-0.2, -0.15) is 0 Å². The first-order valence-electron chi connectivity index (χ1n) is 8.28. The molecule has 126 valence electrons. The van der Waals surface area contributed by atoms with Gasteiger partial charge in [-0.05, 0) is 50.6 Å². The molecular formula is C20H24N2O2. The number of amides is 2. The highest BCUT2D eigenvalue weighted by molar-refractivity contribution is 5.97. The van der Waals surface area contributed by atoms with Crippen LogP contribution in [0.1, 0.15) is 45.7 Å². The van der Waals surface area contributed by atoms with Gasteiger partial charge in [-0.3, -0.25) is 9.59 Å². The number of benzene rings is 2. The maximum atomic E-state index is 12.3. The average molecular weight is 324 g/mol. The molecule has 2 amide bonds. The molecule has 0 saturated carbocycles. The molecule has 0 aromatic heterocycles. The lowest BCUT2D eigenvalue weighted by molar-refractivity contribution is 0.0772. The van der Waals surface area contributed by atoms with E-state index in [0.717, 1.165) is 5.56 Å². The standard InChI is InChI=1S/C20H24N2O2/c1-4-22(5-2)20(24)18-11-9-17(10-12-18)19(23)21-14-16-8-6-7-15(3)13-16/h6-13H,4-5,14H2,1-3H3,(H,21,23). The molecular weight excluding hydrogens is 300 g/mol. The summed E-state index contributed by atoms with van der Waals surface area (Å²) in [5.41, 5.74) is 3.39. The van der Waals surface area contributed by atoms with E-state index in [4.69, 9.17) is 0 Å². The number of aryl methyl sites for hydroxylation is 1.